The molecule has 4 saturated carbocycles. The van der Waals surface area contributed by atoms with Gasteiger partial charge >= 0.3 is 6.09 Å². The molecule has 11 atom stereocenters. The molecule has 4 aliphatic carbocycles. The third-order valence-corrected chi connectivity index (χ3v) is 12.3. The monoisotopic (exact) mass is 576 g/mol. The van der Waals surface area contributed by atoms with Crippen LogP contribution in [-0.2, 0) is 9.53 Å². The Kier molecular flexibility index (Phi) is 10.1. The maximum atomic E-state index is 12.6. The normalized spacial score (nSPS) is 41.0. The van der Waals surface area contributed by atoms with E-state index in [1.807, 2.05) is 20.8 Å². The first-order chi connectivity index (χ1) is 19.2. The predicted octanol–water partition coefficient (Wildman–Crippen LogP) is 6.06. The van der Waals surface area contributed by atoms with Gasteiger partial charge in [0, 0.05) is 19.5 Å². The predicted molar refractivity (Wildman–Crippen MR) is 162 cm³/mol. The number of carbonyl (C=O) groups excluding carboxylic acids is 2. The van der Waals surface area contributed by atoms with Crippen LogP contribution in [0.15, 0.2) is 0 Å². The summed E-state index contributed by atoms with van der Waals surface area (Å²) in [5.74, 6) is 3.34. The molecule has 0 bridgehead atoms. The lowest BCUT2D eigenvalue weighted by atomic mass is 9.41. The van der Waals surface area contributed by atoms with Gasteiger partial charge in [0.25, 0.3) is 0 Å². The molecule has 4 aliphatic rings. The molecule has 0 aliphatic heterocycles. The van der Waals surface area contributed by atoms with Crippen molar-refractivity contribution >= 4 is 12.0 Å². The quantitative estimate of drug-likeness (QED) is 0.250. The molecule has 2 amide bonds. The van der Waals surface area contributed by atoms with E-state index >= 15 is 0 Å². The number of hydrogen-bond donors (Lipinski definition) is 4. The molecule has 0 radical (unpaired) electrons. The molecule has 41 heavy (non-hydrogen) atoms. The molecule has 7 heteroatoms. The maximum Gasteiger partial charge on any atom is 0.407 e. The van der Waals surface area contributed by atoms with Crippen LogP contribution in [0.3, 0.4) is 0 Å². The summed E-state index contributed by atoms with van der Waals surface area (Å²) in [6.07, 6.45) is 9.87. The summed E-state index contributed by atoms with van der Waals surface area (Å²) < 4.78 is 5.24. The van der Waals surface area contributed by atoms with Crippen molar-refractivity contribution in [2.75, 3.05) is 13.1 Å². The average Bonchev–Trinajstić information content (AvgIpc) is 3.24. The highest BCUT2D eigenvalue weighted by atomic mass is 16.6. The van der Waals surface area contributed by atoms with E-state index in [0.29, 0.717) is 61.4 Å². The molecule has 0 aromatic rings. The number of amides is 2. The van der Waals surface area contributed by atoms with Gasteiger partial charge in [-0.05, 0) is 131 Å². The first kappa shape index (κ1) is 32.6. The van der Waals surface area contributed by atoms with Gasteiger partial charge in [0.1, 0.15) is 5.60 Å². The van der Waals surface area contributed by atoms with Gasteiger partial charge < -0.3 is 25.6 Å². The zero-order chi connectivity index (χ0) is 30.2. The molecule has 0 aromatic carbocycles. The van der Waals surface area contributed by atoms with Gasteiger partial charge in [0.05, 0.1) is 12.2 Å². The maximum absolute atomic E-state index is 12.6. The van der Waals surface area contributed by atoms with E-state index in [2.05, 4.69) is 38.3 Å². The Hall–Kier alpha value is -1.34. The second-order valence-corrected chi connectivity index (χ2v) is 15.8. The summed E-state index contributed by atoms with van der Waals surface area (Å²) in [4.78, 5) is 24.4. The minimum absolute atomic E-state index is 0.0875. The minimum atomic E-state index is -0.514. The molecule has 0 heterocycles. The minimum Gasteiger partial charge on any atom is -0.444 e. The van der Waals surface area contributed by atoms with E-state index in [-0.39, 0.29) is 34.9 Å². The fourth-order valence-corrected chi connectivity index (χ4v) is 10.4. The van der Waals surface area contributed by atoms with Gasteiger partial charge in [-0.3, -0.25) is 4.79 Å². The fraction of sp³-hybridized carbons (Fsp3) is 0.941. The molecular formula is C34H60N2O5. The lowest BCUT2D eigenvalue weighted by Gasteiger charge is -2.64. The second-order valence-electron chi connectivity index (χ2n) is 15.8. The smallest absolute Gasteiger partial charge is 0.407 e. The molecule has 7 nitrogen and oxygen atoms in total. The Balaban J connectivity index is 1.29. The summed E-state index contributed by atoms with van der Waals surface area (Å²) in [5, 5.41) is 28.2. The number of nitrogens with one attached hydrogen (secondary N) is 2. The molecule has 236 valence electrons. The first-order valence-electron chi connectivity index (χ1n) is 16.8. The van der Waals surface area contributed by atoms with Crippen molar-refractivity contribution in [3.05, 3.63) is 0 Å². The molecule has 0 unspecified atom stereocenters. The van der Waals surface area contributed by atoms with Crippen molar-refractivity contribution in [1.29, 1.82) is 0 Å². The van der Waals surface area contributed by atoms with Crippen molar-refractivity contribution in [2.45, 2.75) is 137 Å². The number of aliphatic hydroxyl groups is 2. The number of hydrogen-bond acceptors (Lipinski definition) is 5. The fourth-order valence-electron chi connectivity index (χ4n) is 10.4. The molecule has 0 saturated heterocycles. The van der Waals surface area contributed by atoms with E-state index in [4.69, 9.17) is 4.74 Å². The van der Waals surface area contributed by atoms with Crippen molar-refractivity contribution < 1.29 is 24.5 Å². The van der Waals surface area contributed by atoms with E-state index in [9.17, 15) is 19.8 Å². The molecule has 4 rings (SSSR count). The standard InChI is InChI=1S/C34H60N2O5/c1-8-23-27-20-22(37)14-16-34(27,7)26-15-17-33(6)24(11-12-25(33)29(26)30(23)39)21(2)10-13-28(38)35-18-9-19-36-31(40)41-32(3,4)5/h21-27,29-30,37,39H,8-20H2,1-7H3,(H,35,38)(H,36,40)/t21-,22-,23-,24-,25+,26+,27+,29+,30-,33-,34-/m1/s1. The summed E-state index contributed by atoms with van der Waals surface area (Å²) in [5.41, 5.74) is -0.0592. The largest absolute Gasteiger partial charge is 0.444 e. The highest BCUT2D eigenvalue weighted by Gasteiger charge is 2.64. The Morgan fingerprint density at radius 2 is 1.61 bits per heavy atom. The van der Waals surface area contributed by atoms with Crippen molar-refractivity contribution in [3.63, 3.8) is 0 Å². The number of carbonyl (C=O) groups is 2. The lowest BCUT2D eigenvalue weighted by molar-refractivity contribution is -0.203. The van der Waals surface area contributed by atoms with Crippen LogP contribution in [0.5, 0.6) is 0 Å². The summed E-state index contributed by atoms with van der Waals surface area (Å²) >= 11 is 0. The highest BCUT2D eigenvalue weighted by Crippen LogP contribution is 2.69. The van der Waals surface area contributed by atoms with Gasteiger partial charge in [0.2, 0.25) is 5.91 Å². The van der Waals surface area contributed by atoms with E-state index in [0.717, 1.165) is 32.1 Å². The van der Waals surface area contributed by atoms with Crippen LogP contribution in [0.1, 0.15) is 119 Å². The van der Waals surface area contributed by atoms with Crippen LogP contribution in [0.4, 0.5) is 4.79 Å². The van der Waals surface area contributed by atoms with E-state index in [1.54, 1.807) is 0 Å². The number of ether oxygens (including phenoxy) is 1. The average molecular weight is 577 g/mol. The van der Waals surface area contributed by atoms with Crippen LogP contribution in [-0.4, -0.2) is 53.1 Å². The topological polar surface area (TPSA) is 108 Å². The highest BCUT2D eigenvalue weighted by molar-refractivity contribution is 5.75. The van der Waals surface area contributed by atoms with Crippen LogP contribution >= 0.6 is 0 Å². The van der Waals surface area contributed by atoms with Gasteiger partial charge in [-0.15, -0.1) is 0 Å². The van der Waals surface area contributed by atoms with Gasteiger partial charge in [0.15, 0.2) is 0 Å². The molecular weight excluding hydrogens is 516 g/mol. The third-order valence-electron chi connectivity index (χ3n) is 12.3. The summed E-state index contributed by atoms with van der Waals surface area (Å²) in [6.45, 7) is 16.1. The van der Waals surface area contributed by atoms with Crippen LogP contribution in [0.25, 0.3) is 0 Å². The van der Waals surface area contributed by atoms with Crippen molar-refractivity contribution in [1.82, 2.24) is 10.6 Å². The first-order valence-corrected chi connectivity index (χ1v) is 16.8. The van der Waals surface area contributed by atoms with Gasteiger partial charge in [-0.25, -0.2) is 4.79 Å². The van der Waals surface area contributed by atoms with Crippen LogP contribution in [0, 0.1) is 52.3 Å². The van der Waals surface area contributed by atoms with Crippen LogP contribution < -0.4 is 10.6 Å². The summed E-state index contributed by atoms with van der Waals surface area (Å²) in [7, 11) is 0. The molecule has 4 fully saturated rings. The van der Waals surface area contributed by atoms with Crippen LogP contribution in [0.2, 0.25) is 0 Å². The zero-order valence-electron chi connectivity index (χ0n) is 27.0. The molecule has 4 N–H and O–H groups in total. The number of alkyl carbamates (subject to hydrolysis) is 1. The van der Waals surface area contributed by atoms with E-state index < -0.39 is 11.7 Å². The Labute approximate surface area is 249 Å². The second kappa shape index (κ2) is 12.7. The van der Waals surface area contributed by atoms with Crippen molar-refractivity contribution in [3.8, 4) is 0 Å². The lowest BCUT2D eigenvalue weighted by Crippen LogP contribution is -2.62. The summed E-state index contributed by atoms with van der Waals surface area (Å²) in [6, 6.07) is 0. The Bertz CT molecular complexity index is 919. The van der Waals surface area contributed by atoms with Gasteiger partial charge in [-0.2, -0.15) is 0 Å². The Morgan fingerprint density at radius 1 is 0.951 bits per heavy atom. The Morgan fingerprint density at radius 3 is 2.29 bits per heavy atom. The van der Waals surface area contributed by atoms with E-state index in [1.165, 1.54) is 25.7 Å². The number of aliphatic hydroxyl groups excluding tert-OH is 2. The number of rotatable bonds is 9. The third kappa shape index (κ3) is 6.76. The molecule has 0 spiro atoms. The molecule has 0 aromatic heterocycles. The van der Waals surface area contributed by atoms with Gasteiger partial charge in [-0.1, -0.05) is 34.1 Å². The SMILES string of the molecule is CC[C@H]1[C@@H](O)[C@@H]2[C@H](CC[C@]3(C)[C@@H]([C@H](C)CCC(=O)NCCCNC(=O)OC(C)(C)C)CC[C@@H]23)[C@@]2(C)CC[C@@H](O)C[C@@H]12. The number of fused-ring (bicyclic) bond motifs is 5. The van der Waals surface area contributed by atoms with Crippen molar-refractivity contribution in [2.24, 2.45) is 52.3 Å². The zero-order valence-corrected chi connectivity index (χ0v) is 27.0.